The van der Waals surface area contributed by atoms with Gasteiger partial charge in [-0.1, -0.05) is 43.7 Å². The van der Waals surface area contributed by atoms with Crippen LogP contribution in [0.1, 0.15) is 25.3 Å². The molecule has 3 heterocycles. The summed E-state index contributed by atoms with van der Waals surface area (Å²) < 4.78 is 5.73. The average molecular weight is 553 g/mol. The Kier molecular flexibility index (Phi) is 6.74. The van der Waals surface area contributed by atoms with Crippen molar-refractivity contribution in [2.75, 3.05) is 21.7 Å². The van der Waals surface area contributed by atoms with Gasteiger partial charge in [-0.3, -0.25) is 24.5 Å². The fraction of sp³-hybridized carbons (Fsp3) is 0.258. The molecule has 1 N–H and O–H groups in total. The van der Waals surface area contributed by atoms with Crippen LogP contribution in [0.4, 0.5) is 22.7 Å². The Morgan fingerprint density at radius 1 is 0.976 bits per heavy atom. The van der Waals surface area contributed by atoms with Crippen molar-refractivity contribution in [2.45, 2.75) is 31.8 Å². The number of para-hydroxylation sites is 1. The first-order chi connectivity index (χ1) is 19.9. The van der Waals surface area contributed by atoms with Crippen LogP contribution < -0.4 is 19.9 Å². The third-order valence-corrected chi connectivity index (χ3v) is 7.89. The van der Waals surface area contributed by atoms with Crippen molar-refractivity contribution >= 4 is 46.5 Å². The summed E-state index contributed by atoms with van der Waals surface area (Å²) in [5.41, 5.74) is 2.33. The summed E-state index contributed by atoms with van der Waals surface area (Å²) >= 11 is 0. The summed E-state index contributed by atoms with van der Waals surface area (Å²) in [5.74, 6) is -2.31. The Hall–Kier alpha value is -4.99. The first-order valence-electron chi connectivity index (χ1n) is 13.6. The lowest BCUT2D eigenvalue weighted by molar-refractivity contribution is -0.384. The number of hydrogen-bond acceptors (Lipinski definition) is 7. The van der Waals surface area contributed by atoms with Crippen LogP contribution in [-0.4, -0.2) is 41.3 Å². The number of ether oxygens (including phenoxy) is 1. The van der Waals surface area contributed by atoms with Crippen LogP contribution in [0.15, 0.2) is 78.9 Å². The molecule has 3 aliphatic rings. The Bertz CT molecular complexity index is 1550. The number of rotatable bonds is 8. The third kappa shape index (κ3) is 4.51. The normalized spacial score (nSPS) is 22.3. The van der Waals surface area contributed by atoms with Gasteiger partial charge in [-0.05, 0) is 54.4 Å². The smallest absolute Gasteiger partial charge is 0.269 e. The monoisotopic (exact) mass is 552 g/mol. The van der Waals surface area contributed by atoms with Gasteiger partial charge in [-0.25, -0.2) is 4.90 Å². The van der Waals surface area contributed by atoms with E-state index in [1.54, 1.807) is 24.3 Å². The predicted octanol–water partition coefficient (Wildman–Crippen LogP) is 4.80. The highest BCUT2D eigenvalue weighted by Gasteiger charge is 2.64. The Balaban J connectivity index is 1.33. The number of non-ortho nitro benzene ring substituents is 1. The summed E-state index contributed by atoms with van der Waals surface area (Å²) in [7, 11) is 0. The summed E-state index contributed by atoms with van der Waals surface area (Å²) in [6.07, 6.45) is 5.74. The number of imide groups is 1. The van der Waals surface area contributed by atoms with Gasteiger partial charge in [0.05, 0.1) is 35.1 Å². The first-order valence-corrected chi connectivity index (χ1v) is 13.6. The van der Waals surface area contributed by atoms with Crippen molar-refractivity contribution in [1.29, 1.82) is 0 Å². The minimum atomic E-state index is -0.982. The van der Waals surface area contributed by atoms with E-state index in [0.29, 0.717) is 23.7 Å². The van der Waals surface area contributed by atoms with Crippen LogP contribution >= 0.6 is 0 Å². The standard InChI is InChI=1S/C31H28N4O6/c1-2-3-18-41-23-15-13-21(14-16-23)33-30(37)26-25-17-8-19-6-4-5-7-24(19)34(25)28(27(26)31(33)38)29(36)32-20-9-11-22(12-10-20)35(39)40/h4-17,25-28H,2-3,18H2,1H3,(H,32,36)/t25-,26-,27-,28+/m0/s1. The summed E-state index contributed by atoms with van der Waals surface area (Å²) in [5, 5.41) is 13.9. The SMILES string of the molecule is CCCCOc1ccc(N2C(=O)[C@@H]3[C@H](C2=O)[C@H](C(=O)Nc2ccc([N+](=O)[O-])cc2)N2c4ccccc4C=C[C@@H]32)cc1. The molecule has 3 aromatic carbocycles. The number of nitrogens with zero attached hydrogens (tertiary/aromatic N) is 3. The lowest BCUT2D eigenvalue weighted by atomic mass is 9.88. The number of nitrogens with one attached hydrogen (secondary N) is 1. The quantitative estimate of drug-likeness (QED) is 0.184. The van der Waals surface area contributed by atoms with E-state index in [-0.39, 0.29) is 11.6 Å². The number of amides is 3. The molecule has 3 aliphatic heterocycles. The van der Waals surface area contributed by atoms with Crippen LogP contribution in [0.25, 0.3) is 6.08 Å². The van der Waals surface area contributed by atoms with E-state index in [4.69, 9.17) is 4.74 Å². The van der Waals surface area contributed by atoms with Gasteiger partial charge in [0, 0.05) is 23.5 Å². The third-order valence-electron chi connectivity index (χ3n) is 7.89. The molecule has 41 heavy (non-hydrogen) atoms. The highest BCUT2D eigenvalue weighted by atomic mass is 16.6. The van der Waals surface area contributed by atoms with Crippen LogP contribution in [0.3, 0.4) is 0 Å². The molecule has 2 saturated heterocycles. The van der Waals surface area contributed by atoms with Crippen LogP contribution in [-0.2, 0) is 14.4 Å². The number of carbonyl (C=O) groups excluding carboxylic acids is 3. The van der Waals surface area contributed by atoms with Gasteiger partial charge in [0.25, 0.3) is 5.69 Å². The number of nitro groups is 1. The summed E-state index contributed by atoms with van der Waals surface area (Å²) in [6.45, 7) is 2.66. The molecular formula is C31H28N4O6. The van der Waals surface area contributed by atoms with Gasteiger partial charge in [0.2, 0.25) is 17.7 Å². The zero-order chi connectivity index (χ0) is 28.7. The van der Waals surface area contributed by atoms with Gasteiger partial charge in [0.15, 0.2) is 0 Å². The number of hydrogen-bond donors (Lipinski definition) is 1. The number of benzene rings is 3. The van der Waals surface area contributed by atoms with Crippen molar-refractivity contribution in [3.8, 4) is 5.75 Å². The molecule has 0 aliphatic carbocycles. The molecule has 2 fully saturated rings. The number of nitro benzene ring substituents is 1. The zero-order valence-electron chi connectivity index (χ0n) is 22.3. The fourth-order valence-electron chi connectivity index (χ4n) is 5.98. The Labute approximate surface area is 236 Å². The van der Waals surface area contributed by atoms with E-state index in [2.05, 4.69) is 12.2 Å². The molecule has 3 amide bonds. The van der Waals surface area contributed by atoms with Crippen molar-refractivity contribution < 1.29 is 24.0 Å². The molecule has 0 bridgehead atoms. The second-order valence-corrected chi connectivity index (χ2v) is 10.3. The molecular weight excluding hydrogens is 524 g/mol. The fourth-order valence-corrected chi connectivity index (χ4v) is 5.98. The topological polar surface area (TPSA) is 122 Å². The average Bonchev–Trinajstić information content (AvgIpc) is 3.46. The van der Waals surface area contributed by atoms with Crippen LogP contribution in [0.5, 0.6) is 5.75 Å². The van der Waals surface area contributed by atoms with E-state index in [0.717, 1.165) is 24.1 Å². The minimum absolute atomic E-state index is 0.104. The van der Waals surface area contributed by atoms with Gasteiger partial charge < -0.3 is 15.0 Å². The molecule has 6 rings (SSSR count). The van der Waals surface area contributed by atoms with Gasteiger partial charge in [-0.15, -0.1) is 0 Å². The maximum atomic E-state index is 14.0. The molecule has 10 heteroatoms. The van der Waals surface area contributed by atoms with E-state index in [1.165, 1.54) is 29.2 Å². The predicted molar refractivity (Wildman–Crippen MR) is 154 cm³/mol. The lowest BCUT2D eigenvalue weighted by Gasteiger charge is -2.36. The zero-order valence-corrected chi connectivity index (χ0v) is 22.3. The second kappa shape index (κ2) is 10.5. The van der Waals surface area contributed by atoms with Crippen molar-refractivity contribution in [3.63, 3.8) is 0 Å². The largest absolute Gasteiger partial charge is 0.494 e. The Morgan fingerprint density at radius 2 is 1.68 bits per heavy atom. The maximum Gasteiger partial charge on any atom is 0.269 e. The first kappa shape index (κ1) is 26.2. The summed E-state index contributed by atoms with van der Waals surface area (Å²) in [6, 6.07) is 18.4. The number of unbranched alkanes of at least 4 members (excludes halogenated alkanes) is 1. The second-order valence-electron chi connectivity index (χ2n) is 10.3. The van der Waals surface area contributed by atoms with E-state index >= 15 is 0 Å². The molecule has 4 atom stereocenters. The van der Waals surface area contributed by atoms with Crippen molar-refractivity contribution in [3.05, 3.63) is 94.6 Å². The maximum absolute atomic E-state index is 14.0. The highest BCUT2D eigenvalue weighted by Crippen LogP contribution is 2.49. The highest BCUT2D eigenvalue weighted by molar-refractivity contribution is 6.25. The van der Waals surface area contributed by atoms with Crippen LogP contribution in [0, 0.1) is 22.0 Å². The van der Waals surface area contributed by atoms with Crippen molar-refractivity contribution in [1.82, 2.24) is 0 Å². The molecule has 0 unspecified atom stereocenters. The molecule has 0 saturated carbocycles. The summed E-state index contributed by atoms with van der Waals surface area (Å²) in [4.78, 5) is 55.4. The molecule has 0 aromatic heterocycles. The van der Waals surface area contributed by atoms with Crippen LogP contribution in [0.2, 0.25) is 0 Å². The Morgan fingerprint density at radius 3 is 2.39 bits per heavy atom. The molecule has 10 nitrogen and oxygen atoms in total. The van der Waals surface area contributed by atoms with E-state index in [9.17, 15) is 24.5 Å². The van der Waals surface area contributed by atoms with Gasteiger partial charge in [-0.2, -0.15) is 0 Å². The van der Waals surface area contributed by atoms with Crippen molar-refractivity contribution in [2.24, 2.45) is 11.8 Å². The minimum Gasteiger partial charge on any atom is -0.494 e. The number of anilines is 3. The number of carbonyl (C=O) groups is 3. The molecule has 0 radical (unpaired) electrons. The van der Waals surface area contributed by atoms with E-state index in [1.807, 2.05) is 41.3 Å². The van der Waals surface area contributed by atoms with Gasteiger partial charge >= 0.3 is 0 Å². The molecule has 208 valence electrons. The van der Waals surface area contributed by atoms with Gasteiger partial charge in [0.1, 0.15) is 11.8 Å². The lowest BCUT2D eigenvalue weighted by Crippen LogP contribution is -2.50. The van der Waals surface area contributed by atoms with E-state index < -0.39 is 40.7 Å². The molecule has 3 aromatic rings. The molecule has 0 spiro atoms. The number of fused-ring (bicyclic) bond motifs is 5.